The molecule has 5 rings (SSSR count). The standard InChI is InChI=1S/C19H16ClN3O2/c1-9-3-5-11(20)17-15-8-13(22-19(24)16(9)17)18-21-12-6-4-10(25-2)7-14(12)23(15)18/h3-7,13,15H,8H2,1-2H3,(H,22,24)/t13-,15-/m1/s1. The van der Waals surface area contributed by atoms with Crippen LogP contribution in [0.15, 0.2) is 30.3 Å². The van der Waals surface area contributed by atoms with Crippen LogP contribution in [0.25, 0.3) is 11.0 Å². The maximum atomic E-state index is 12.8. The molecule has 2 aliphatic rings. The first-order chi connectivity index (χ1) is 12.1. The summed E-state index contributed by atoms with van der Waals surface area (Å²) >= 11 is 6.55. The van der Waals surface area contributed by atoms with Crippen molar-refractivity contribution in [2.45, 2.75) is 25.4 Å². The molecule has 25 heavy (non-hydrogen) atoms. The summed E-state index contributed by atoms with van der Waals surface area (Å²) in [7, 11) is 1.65. The first-order valence-electron chi connectivity index (χ1n) is 8.24. The van der Waals surface area contributed by atoms with Crippen molar-refractivity contribution in [2.75, 3.05) is 7.11 Å². The van der Waals surface area contributed by atoms with Crippen molar-refractivity contribution in [2.24, 2.45) is 0 Å². The number of hydrogen-bond donors (Lipinski definition) is 1. The van der Waals surface area contributed by atoms with Gasteiger partial charge in [0.15, 0.2) is 0 Å². The lowest BCUT2D eigenvalue weighted by Gasteiger charge is -2.20. The predicted molar refractivity (Wildman–Crippen MR) is 95.4 cm³/mol. The highest BCUT2D eigenvalue weighted by atomic mass is 35.5. The zero-order valence-corrected chi connectivity index (χ0v) is 14.6. The minimum atomic E-state index is -0.112. The number of fused-ring (bicyclic) bond motifs is 9. The van der Waals surface area contributed by atoms with Crippen LogP contribution < -0.4 is 10.1 Å². The molecule has 5 nitrogen and oxygen atoms in total. The Balaban J connectivity index is 1.84. The molecule has 3 aromatic rings. The molecule has 1 N–H and O–H groups in total. The van der Waals surface area contributed by atoms with Gasteiger partial charge in [0.1, 0.15) is 11.6 Å². The second-order valence-electron chi connectivity index (χ2n) is 6.63. The van der Waals surface area contributed by atoms with Crippen LogP contribution in [-0.2, 0) is 0 Å². The number of amides is 1. The van der Waals surface area contributed by atoms with E-state index < -0.39 is 0 Å². The van der Waals surface area contributed by atoms with Gasteiger partial charge in [-0.15, -0.1) is 0 Å². The molecule has 0 spiro atoms. The summed E-state index contributed by atoms with van der Waals surface area (Å²) in [5, 5.41) is 3.75. The maximum absolute atomic E-state index is 12.8. The fourth-order valence-electron chi connectivity index (χ4n) is 4.16. The Morgan fingerprint density at radius 2 is 2.16 bits per heavy atom. The summed E-state index contributed by atoms with van der Waals surface area (Å²) in [6.07, 6.45) is 0.761. The highest BCUT2D eigenvalue weighted by Gasteiger charge is 2.42. The zero-order valence-electron chi connectivity index (χ0n) is 13.8. The van der Waals surface area contributed by atoms with Crippen LogP contribution in [0.1, 0.15) is 45.8 Å². The number of hydrogen-bond acceptors (Lipinski definition) is 3. The lowest BCUT2D eigenvalue weighted by atomic mass is 9.95. The normalized spacial score (nSPS) is 20.8. The Morgan fingerprint density at radius 1 is 1.32 bits per heavy atom. The van der Waals surface area contributed by atoms with E-state index >= 15 is 0 Å². The maximum Gasteiger partial charge on any atom is 0.252 e. The van der Waals surface area contributed by atoms with E-state index in [0.717, 1.165) is 40.2 Å². The number of nitrogens with zero attached hydrogens (tertiary/aromatic N) is 2. The molecule has 0 saturated carbocycles. The van der Waals surface area contributed by atoms with Gasteiger partial charge in [0.25, 0.3) is 5.91 Å². The number of nitrogens with one attached hydrogen (secondary N) is 1. The molecular formula is C19H16ClN3O2. The highest BCUT2D eigenvalue weighted by molar-refractivity contribution is 6.32. The van der Waals surface area contributed by atoms with Crippen LogP contribution in [-0.4, -0.2) is 22.6 Å². The van der Waals surface area contributed by atoms with E-state index in [2.05, 4.69) is 9.88 Å². The smallest absolute Gasteiger partial charge is 0.252 e. The molecule has 1 amide bonds. The minimum Gasteiger partial charge on any atom is -0.497 e. The van der Waals surface area contributed by atoms with E-state index in [1.54, 1.807) is 7.11 Å². The molecule has 0 radical (unpaired) electrons. The predicted octanol–water partition coefficient (Wildman–Crippen LogP) is 3.78. The second-order valence-corrected chi connectivity index (χ2v) is 7.03. The van der Waals surface area contributed by atoms with Crippen molar-refractivity contribution in [1.82, 2.24) is 14.9 Å². The van der Waals surface area contributed by atoms with E-state index in [9.17, 15) is 4.79 Å². The second kappa shape index (κ2) is 4.99. The fourth-order valence-corrected chi connectivity index (χ4v) is 4.44. The molecular weight excluding hydrogens is 338 g/mol. The molecule has 2 aromatic carbocycles. The SMILES string of the molecule is COc1ccc2nc3n(c2c1)[C@@H]1C[C@H]3NC(=O)c2c(C)ccc(Cl)c21. The van der Waals surface area contributed by atoms with Crippen molar-refractivity contribution >= 4 is 28.5 Å². The fraction of sp³-hybridized carbons (Fsp3) is 0.263. The lowest BCUT2D eigenvalue weighted by Crippen LogP contribution is -2.28. The Hall–Kier alpha value is -2.53. The van der Waals surface area contributed by atoms with Gasteiger partial charge in [-0.25, -0.2) is 4.98 Å². The first-order valence-corrected chi connectivity index (χ1v) is 8.62. The van der Waals surface area contributed by atoms with E-state index in [1.807, 2.05) is 37.3 Å². The largest absolute Gasteiger partial charge is 0.497 e. The van der Waals surface area contributed by atoms with Crippen LogP contribution in [0.4, 0.5) is 0 Å². The number of rotatable bonds is 1. The topological polar surface area (TPSA) is 56.1 Å². The molecule has 1 aromatic heterocycles. The average Bonchev–Trinajstić information content (AvgIpc) is 3.08. The molecule has 3 heterocycles. The van der Waals surface area contributed by atoms with Gasteiger partial charge in [-0.2, -0.15) is 0 Å². The number of methoxy groups -OCH3 is 1. The van der Waals surface area contributed by atoms with Gasteiger partial charge in [0.05, 0.1) is 30.2 Å². The van der Waals surface area contributed by atoms with Crippen LogP contribution in [0, 0.1) is 6.92 Å². The van der Waals surface area contributed by atoms with E-state index in [4.69, 9.17) is 21.3 Å². The number of ether oxygens (including phenoxy) is 1. The van der Waals surface area contributed by atoms with Crippen molar-refractivity contribution in [1.29, 1.82) is 0 Å². The Kier molecular flexibility index (Phi) is 2.95. The quantitative estimate of drug-likeness (QED) is 0.724. The number of aryl methyl sites for hydroxylation is 1. The van der Waals surface area contributed by atoms with Crippen LogP contribution in [0.2, 0.25) is 5.02 Å². The summed E-state index contributed by atoms with van der Waals surface area (Å²) in [6, 6.07) is 9.49. The van der Waals surface area contributed by atoms with Crippen LogP contribution in [0.3, 0.4) is 0 Å². The number of carbonyl (C=O) groups excluding carboxylic acids is 1. The first kappa shape index (κ1) is 14.8. The number of aromatic nitrogens is 2. The van der Waals surface area contributed by atoms with Gasteiger partial charge in [-0.05, 0) is 37.1 Å². The molecule has 2 atom stereocenters. The van der Waals surface area contributed by atoms with E-state index in [-0.39, 0.29) is 18.0 Å². The molecule has 0 fully saturated rings. The van der Waals surface area contributed by atoms with Gasteiger partial charge >= 0.3 is 0 Å². The van der Waals surface area contributed by atoms with Crippen molar-refractivity contribution in [3.63, 3.8) is 0 Å². The number of carbonyl (C=O) groups is 1. The van der Waals surface area contributed by atoms with Gasteiger partial charge < -0.3 is 14.6 Å². The molecule has 0 aliphatic carbocycles. The number of benzene rings is 2. The van der Waals surface area contributed by atoms with E-state index in [0.29, 0.717) is 10.6 Å². The minimum absolute atomic E-state index is 0.0153. The molecule has 0 saturated heterocycles. The van der Waals surface area contributed by atoms with Crippen molar-refractivity contribution in [3.05, 3.63) is 57.9 Å². The summed E-state index contributed by atoms with van der Waals surface area (Å²) in [5.74, 6) is 1.59. The van der Waals surface area contributed by atoms with Gasteiger partial charge in [0, 0.05) is 22.2 Å². The lowest BCUT2D eigenvalue weighted by molar-refractivity contribution is 0.0938. The Bertz CT molecular complexity index is 1060. The summed E-state index contributed by atoms with van der Waals surface area (Å²) in [5.41, 5.74) is 4.42. The third-order valence-electron chi connectivity index (χ3n) is 5.27. The van der Waals surface area contributed by atoms with Gasteiger partial charge in [-0.3, -0.25) is 4.79 Å². The zero-order chi connectivity index (χ0) is 17.3. The van der Waals surface area contributed by atoms with Gasteiger partial charge in [0.2, 0.25) is 0 Å². The summed E-state index contributed by atoms with van der Waals surface area (Å²) in [4.78, 5) is 17.5. The van der Waals surface area contributed by atoms with Crippen LogP contribution >= 0.6 is 11.6 Å². The van der Waals surface area contributed by atoms with Crippen LogP contribution in [0.5, 0.6) is 5.75 Å². The molecule has 6 heteroatoms. The van der Waals surface area contributed by atoms with Gasteiger partial charge in [-0.1, -0.05) is 17.7 Å². The molecule has 2 aliphatic heterocycles. The number of halogens is 1. The third kappa shape index (κ3) is 1.90. The summed E-state index contributed by atoms with van der Waals surface area (Å²) < 4.78 is 7.58. The van der Waals surface area contributed by atoms with E-state index in [1.165, 1.54) is 0 Å². The average molecular weight is 354 g/mol. The third-order valence-corrected chi connectivity index (χ3v) is 5.60. The Morgan fingerprint density at radius 3 is 2.96 bits per heavy atom. The molecule has 126 valence electrons. The number of imidazole rings is 1. The van der Waals surface area contributed by atoms with Crippen molar-refractivity contribution in [3.8, 4) is 5.75 Å². The van der Waals surface area contributed by atoms with Crippen molar-refractivity contribution < 1.29 is 9.53 Å². The Labute approximate surface area is 149 Å². The monoisotopic (exact) mass is 353 g/mol. The highest BCUT2D eigenvalue weighted by Crippen LogP contribution is 2.47. The molecule has 0 unspecified atom stereocenters. The summed E-state index contributed by atoms with van der Waals surface area (Å²) in [6.45, 7) is 1.95. The molecule has 2 bridgehead atoms.